The minimum Gasteiger partial charge on any atom is -0.480 e. The Kier molecular flexibility index (Phi) is 4.86. The third-order valence-corrected chi connectivity index (χ3v) is 3.38. The molecule has 2 unspecified atom stereocenters. The van der Waals surface area contributed by atoms with Crippen LogP contribution in [0.4, 0.5) is 5.95 Å². The zero-order valence-electron chi connectivity index (χ0n) is 11.6. The van der Waals surface area contributed by atoms with Crippen LogP contribution in [-0.4, -0.2) is 45.6 Å². The van der Waals surface area contributed by atoms with Crippen molar-refractivity contribution in [2.45, 2.75) is 31.3 Å². The lowest BCUT2D eigenvalue weighted by atomic mass is 10.1. The number of rotatable bonds is 6. The van der Waals surface area contributed by atoms with Gasteiger partial charge in [-0.2, -0.15) is 0 Å². The SMILES string of the molecule is C=CCC(NC(=O)C1CCCN1c1ncccn1)C(=O)O. The topological polar surface area (TPSA) is 95.4 Å². The Morgan fingerprint density at radius 1 is 1.52 bits per heavy atom. The Balaban J connectivity index is 2.07. The van der Waals surface area contributed by atoms with Crippen molar-refractivity contribution in [1.82, 2.24) is 15.3 Å². The predicted octanol–water partition coefficient (Wildman–Crippen LogP) is 0.591. The first-order chi connectivity index (χ1) is 10.1. The summed E-state index contributed by atoms with van der Waals surface area (Å²) < 4.78 is 0. The minimum atomic E-state index is -1.07. The van der Waals surface area contributed by atoms with Crippen LogP contribution in [0.2, 0.25) is 0 Å². The summed E-state index contributed by atoms with van der Waals surface area (Å²) in [6.07, 6.45) is 6.41. The molecule has 1 fully saturated rings. The van der Waals surface area contributed by atoms with Gasteiger partial charge in [-0.1, -0.05) is 6.08 Å². The first-order valence-electron chi connectivity index (χ1n) is 6.81. The van der Waals surface area contributed by atoms with Gasteiger partial charge in [0.1, 0.15) is 12.1 Å². The highest BCUT2D eigenvalue weighted by Crippen LogP contribution is 2.22. The summed E-state index contributed by atoms with van der Waals surface area (Å²) in [7, 11) is 0. The van der Waals surface area contributed by atoms with Crippen molar-refractivity contribution in [2.75, 3.05) is 11.4 Å². The Morgan fingerprint density at radius 3 is 2.86 bits per heavy atom. The van der Waals surface area contributed by atoms with Gasteiger partial charge in [-0.15, -0.1) is 6.58 Å². The minimum absolute atomic E-state index is 0.190. The number of hydrogen-bond donors (Lipinski definition) is 2. The van der Waals surface area contributed by atoms with E-state index in [1.54, 1.807) is 18.5 Å². The number of hydrogen-bond acceptors (Lipinski definition) is 5. The molecular formula is C14H18N4O3. The van der Waals surface area contributed by atoms with Crippen molar-refractivity contribution < 1.29 is 14.7 Å². The zero-order chi connectivity index (χ0) is 15.2. The summed E-state index contributed by atoms with van der Waals surface area (Å²) in [5.74, 6) is -0.885. The van der Waals surface area contributed by atoms with Gasteiger partial charge in [-0.25, -0.2) is 14.8 Å². The molecule has 0 bridgehead atoms. The third kappa shape index (κ3) is 3.56. The van der Waals surface area contributed by atoms with Gasteiger partial charge < -0.3 is 15.3 Å². The third-order valence-electron chi connectivity index (χ3n) is 3.38. The molecule has 112 valence electrons. The van der Waals surface area contributed by atoms with Crippen LogP contribution < -0.4 is 10.2 Å². The Bertz CT molecular complexity index is 520. The lowest BCUT2D eigenvalue weighted by molar-refractivity contribution is -0.141. The number of aliphatic carboxylic acids is 1. The van der Waals surface area contributed by atoms with E-state index in [1.807, 2.05) is 4.90 Å². The number of carboxylic acids is 1. The van der Waals surface area contributed by atoms with E-state index in [1.165, 1.54) is 6.08 Å². The molecule has 1 aromatic heterocycles. The van der Waals surface area contributed by atoms with Gasteiger partial charge in [-0.3, -0.25) is 4.79 Å². The zero-order valence-corrected chi connectivity index (χ0v) is 11.6. The Labute approximate surface area is 122 Å². The monoisotopic (exact) mass is 290 g/mol. The van der Waals surface area contributed by atoms with Crippen LogP contribution in [0, 0.1) is 0 Å². The van der Waals surface area contributed by atoms with E-state index >= 15 is 0 Å². The lowest BCUT2D eigenvalue weighted by Gasteiger charge is -2.25. The van der Waals surface area contributed by atoms with Gasteiger partial charge in [0.25, 0.3) is 0 Å². The fourth-order valence-corrected chi connectivity index (χ4v) is 2.37. The van der Waals surface area contributed by atoms with Crippen LogP contribution >= 0.6 is 0 Å². The second-order valence-corrected chi connectivity index (χ2v) is 4.82. The highest BCUT2D eigenvalue weighted by atomic mass is 16.4. The molecule has 0 radical (unpaired) electrons. The van der Waals surface area contributed by atoms with Crippen molar-refractivity contribution in [3.8, 4) is 0 Å². The fraction of sp³-hybridized carbons (Fsp3) is 0.429. The molecular weight excluding hydrogens is 272 g/mol. The maximum absolute atomic E-state index is 12.3. The predicted molar refractivity (Wildman–Crippen MR) is 76.8 cm³/mol. The molecule has 2 heterocycles. The molecule has 1 aromatic rings. The molecule has 1 amide bonds. The van der Waals surface area contributed by atoms with Crippen molar-refractivity contribution in [1.29, 1.82) is 0 Å². The molecule has 0 aliphatic carbocycles. The van der Waals surface area contributed by atoms with E-state index in [9.17, 15) is 9.59 Å². The van der Waals surface area contributed by atoms with Crippen LogP contribution in [0.1, 0.15) is 19.3 Å². The summed E-state index contributed by atoms with van der Waals surface area (Å²) in [5.41, 5.74) is 0. The van der Waals surface area contributed by atoms with E-state index < -0.39 is 18.1 Å². The molecule has 7 heteroatoms. The molecule has 21 heavy (non-hydrogen) atoms. The first-order valence-corrected chi connectivity index (χ1v) is 6.81. The number of carbonyl (C=O) groups is 2. The van der Waals surface area contributed by atoms with Crippen LogP contribution in [0.15, 0.2) is 31.1 Å². The van der Waals surface area contributed by atoms with Gasteiger partial charge in [0.05, 0.1) is 0 Å². The average molecular weight is 290 g/mol. The number of carbonyl (C=O) groups excluding carboxylic acids is 1. The number of carboxylic acid groups (broad SMARTS) is 1. The highest BCUT2D eigenvalue weighted by Gasteiger charge is 2.34. The second kappa shape index (κ2) is 6.83. The molecule has 0 aromatic carbocycles. The summed E-state index contributed by atoms with van der Waals surface area (Å²) in [5, 5.41) is 11.6. The van der Waals surface area contributed by atoms with Gasteiger partial charge in [0.15, 0.2) is 0 Å². The quantitative estimate of drug-likeness (QED) is 0.745. The molecule has 0 spiro atoms. The van der Waals surface area contributed by atoms with Crippen molar-refractivity contribution in [3.63, 3.8) is 0 Å². The largest absolute Gasteiger partial charge is 0.480 e. The van der Waals surface area contributed by atoms with Crippen molar-refractivity contribution >= 4 is 17.8 Å². The Morgan fingerprint density at radius 2 is 2.24 bits per heavy atom. The van der Waals surface area contributed by atoms with Gasteiger partial charge >= 0.3 is 5.97 Å². The van der Waals surface area contributed by atoms with Crippen LogP contribution in [0.25, 0.3) is 0 Å². The number of amides is 1. The second-order valence-electron chi connectivity index (χ2n) is 4.82. The average Bonchev–Trinajstić information content (AvgIpc) is 2.97. The normalized spacial score (nSPS) is 19.0. The molecule has 1 aliphatic heterocycles. The first kappa shape index (κ1) is 15.0. The van der Waals surface area contributed by atoms with Crippen molar-refractivity contribution in [3.05, 3.63) is 31.1 Å². The molecule has 1 saturated heterocycles. The highest BCUT2D eigenvalue weighted by molar-refractivity contribution is 5.89. The van der Waals surface area contributed by atoms with Gasteiger partial charge in [0.2, 0.25) is 11.9 Å². The maximum Gasteiger partial charge on any atom is 0.326 e. The molecule has 2 atom stereocenters. The summed E-state index contributed by atoms with van der Waals surface area (Å²) in [4.78, 5) is 33.5. The van der Waals surface area contributed by atoms with Crippen LogP contribution in [0.3, 0.4) is 0 Å². The number of nitrogens with one attached hydrogen (secondary N) is 1. The fourth-order valence-electron chi connectivity index (χ4n) is 2.37. The maximum atomic E-state index is 12.3. The molecule has 0 saturated carbocycles. The summed E-state index contributed by atoms with van der Waals surface area (Å²) >= 11 is 0. The molecule has 7 nitrogen and oxygen atoms in total. The number of aromatic nitrogens is 2. The molecule has 2 N–H and O–H groups in total. The summed E-state index contributed by atoms with van der Waals surface area (Å²) in [6, 6.07) is 0.326. The Hall–Kier alpha value is -2.44. The van der Waals surface area contributed by atoms with E-state index in [-0.39, 0.29) is 12.3 Å². The van der Waals surface area contributed by atoms with E-state index in [0.29, 0.717) is 18.9 Å². The van der Waals surface area contributed by atoms with E-state index in [4.69, 9.17) is 5.11 Å². The van der Waals surface area contributed by atoms with E-state index in [2.05, 4.69) is 21.9 Å². The van der Waals surface area contributed by atoms with E-state index in [0.717, 1.165) is 6.42 Å². The van der Waals surface area contributed by atoms with Crippen LogP contribution in [-0.2, 0) is 9.59 Å². The standard InChI is InChI=1S/C14H18N4O3/c1-2-5-10(13(20)21)17-12(19)11-6-3-9-18(11)14-15-7-4-8-16-14/h2,4,7-8,10-11H,1,3,5-6,9H2,(H,17,19)(H,20,21). The van der Waals surface area contributed by atoms with Crippen LogP contribution in [0.5, 0.6) is 0 Å². The van der Waals surface area contributed by atoms with Gasteiger partial charge in [0, 0.05) is 18.9 Å². The number of nitrogens with zero attached hydrogens (tertiary/aromatic N) is 3. The van der Waals surface area contributed by atoms with Crippen molar-refractivity contribution in [2.24, 2.45) is 0 Å². The lowest BCUT2D eigenvalue weighted by Crippen LogP contribution is -2.49. The number of anilines is 1. The molecule has 2 rings (SSSR count). The summed E-state index contributed by atoms with van der Waals surface area (Å²) in [6.45, 7) is 4.19. The smallest absolute Gasteiger partial charge is 0.326 e. The van der Waals surface area contributed by atoms with Gasteiger partial charge in [-0.05, 0) is 25.3 Å². The molecule has 1 aliphatic rings.